The fraction of sp³-hybridized carbons (Fsp3) is 0.538. The number of rotatable bonds is 3. The van der Waals surface area contributed by atoms with Crippen molar-refractivity contribution < 1.29 is 13.5 Å². The average Bonchev–Trinajstić information content (AvgIpc) is 2.58. The standard InChI is InChI=1S/C13H17Cl2NO3S/c14-10-7-6-9(8-11(10)15)20(18,19)16-12-4-2-1-3-5-13(12)17/h6-8,12-13,16-17H,1-5H2. The summed E-state index contributed by atoms with van der Waals surface area (Å²) in [6.07, 6.45) is 3.46. The van der Waals surface area contributed by atoms with E-state index in [4.69, 9.17) is 23.2 Å². The first kappa shape index (κ1) is 16.0. The molecular weight excluding hydrogens is 321 g/mol. The van der Waals surface area contributed by atoms with Gasteiger partial charge in [0.1, 0.15) is 0 Å². The minimum absolute atomic E-state index is 0.0587. The van der Waals surface area contributed by atoms with Crippen molar-refractivity contribution in [2.45, 2.75) is 49.1 Å². The number of nitrogens with one attached hydrogen (secondary N) is 1. The molecule has 1 fully saturated rings. The lowest BCUT2D eigenvalue weighted by Crippen LogP contribution is -2.42. The van der Waals surface area contributed by atoms with Crippen LogP contribution in [-0.4, -0.2) is 25.7 Å². The van der Waals surface area contributed by atoms with Crippen molar-refractivity contribution in [3.8, 4) is 0 Å². The summed E-state index contributed by atoms with van der Waals surface area (Å²) in [6, 6.07) is 3.72. The Balaban J connectivity index is 2.19. The van der Waals surface area contributed by atoms with Crippen LogP contribution in [0.3, 0.4) is 0 Å². The van der Waals surface area contributed by atoms with Gasteiger partial charge in [-0.1, -0.05) is 42.5 Å². The number of aliphatic hydroxyl groups excluding tert-OH is 1. The van der Waals surface area contributed by atoms with Crippen molar-refractivity contribution >= 4 is 33.2 Å². The van der Waals surface area contributed by atoms with E-state index in [1.165, 1.54) is 18.2 Å². The molecule has 7 heteroatoms. The Morgan fingerprint density at radius 1 is 1.10 bits per heavy atom. The molecule has 4 nitrogen and oxygen atoms in total. The summed E-state index contributed by atoms with van der Waals surface area (Å²) in [5, 5.41) is 10.5. The van der Waals surface area contributed by atoms with E-state index < -0.39 is 22.2 Å². The zero-order chi connectivity index (χ0) is 14.8. The van der Waals surface area contributed by atoms with Gasteiger partial charge in [-0.15, -0.1) is 0 Å². The highest BCUT2D eigenvalue weighted by molar-refractivity contribution is 7.89. The summed E-state index contributed by atoms with van der Waals surface area (Å²) in [7, 11) is -3.70. The van der Waals surface area contributed by atoms with Crippen LogP contribution in [0, 0.1) is 0 Å². The molecule has 0 aromatic heterocycles. The molecule has 112 valence electrons. The molecule has 1 aliphatic rings. The van der Waals surface area contributed by atoms with Gasteiger partial charge in [0.2, 0.25) is 10.0 Å². The second-order valence-corrected chi connectivity index (χ2v) is 7.54. The van der Waals surface area contributed by atoms with E-state index in [1.807, 2.05) is 0 Å². The van der Waals surface area contributed by atoms with Crippen LogP contribution in [0.4, 0.5) is 0 Å². The third kappa shape index (κ3) is 3.86. The third-order valence-electron chi connectivity index (χ3n) is 3.49. The van der Waals surface area contributed by atoms with E-state index in [0.717, 1.165) is 19.3 Å². The Hall–Kier alpha value is -0.330. The number of benzene rings is 1. The first-order valence-electron chi connectivity index (χ1n) is 6.55. The molecule has 1 aromatic rings. The van der Waals surface area contributed by atoms with Crippen LogP contribution in [0.25, 0.3) is 0 Å². The molecule has 1 aliphatic carbocycles. The highest BCUT2D eigenvalue weighted by Gasteiger charge is 2.27. The van der Waals surface area contributed by atoms with Gasteiger partial charge in [0, 0.05) is 6.04 Å². The maximum Gasteiger partial charge on any atom is 0.240 e. The highest BCUT2D eigenvalue weighted by atomic mass is 35.5. The number of hydrogen-bond acceptors (Lipinski definition) is 3. The van der Waals surface area contributed by atoms with Gasteiger partial charge in [-0.05, 0) is 31.0 Å². The van der Waals surface area contributed by atoms with Crippen LogP contribution in [0.15, 0.2) is 23.1 Å². The predicted octanol–water partition coefficient (Wildman–Crippen LogP) is 2.97. The monoisotopic (exact) mass is 337 g/mol. The van der Waals surface area contributed by atoms with Gasteiger partial charge in [-0.2, -0.15) is 0 Å². The average molecular weight is 338 g/mol. The molecule has 0 aliphatic heterocycles. The SMILES string of the molecule is O=S(=O)(NC1CCCCCC1O)c1ccc(Cl)c(Cl)c1. The van der Waals surface area contributed by atoms with Crippen molar-refractivity contribution in [1.82, 2.24) is 4.72 Å². The Bertz CT molecular complexity index is 577. The molecule has 0 heterocycles. The maximum absolute atomic E-state index is 12.3. The minimum atomic E-state index is -3.70. The predicted molar refractivity (Wildman–Crippen MR) is 79.7 cm³/mol. The summed E-state index contributed by atoms with van der Waals surface area (Å²) in [5.74, 6) is 0. The molecule has 0 radical (unpaired) electrons. The van der Waals surface area contributed by atoms with Crippen LogP contribution in [0.5, 0.6) is 0 Å². The van der Waals surface area contributed by atoms with Crippen LogP contribution in [0.2, 0.25) is 10.0 Å². The van der Waals surface area contributed by atoms with E-state index in [0.29, 0.717) is 17.9 Å². The molecule has 0 saturated heterocycles. The Labute approximate surface area is 129 Å². The summed E-state index contributed by atoms with van der Waals surface area (Å²) >= 11 is 11.6. The lowest BCUT2D eigenvalue weighted by Gasteiger charge is -2.21. The minimum Gasteiger partial charge on any atom is -0.391 e. The summed E-state index contributed by atoms with van der Waals surface area (Å²) in [5.41, 5.74) is 0. The molecule has 1 aromatic carbocycles. The Kier molecular flexibility index (Phi) is 5.31. The number of aliphatic hydroxyl groups is 1. The van der Waals surface area contributed by atoms with Gasteiger partial charge in [0.15, 0.2) is 0 Å². The van der Waals surface area contributed by atoms with Crippen molar-refractivity contribution in [1.29, 1.82) is 0 Å². The highest BCUT2D eigenvalue weighted by Crippen LogP contribution is 2.26. The molecular formula is C13H17Cl2NO3S. The van der Waals surface area contributed by atoms with Crippen LogP contribution in [0.1, 0.15) is 32.1 Å². The van der Waals surface area contributed by atoms with Crippen LogP contribution < -0.4 is 4.72 Å². The van der Waals surface area contributed by atoms with Crippen molar-refractivity contribution in [3.63, 3.8) is 0 Å². The molecule has 0 amide bonds. The number of halogens is 2. The fourth-order valence-corrected chi connectivity index (χ4v) is 4.03. The lowest BCUT2D eigenvalue weighted by molar-refractivity contribution is 0.130. The van der Waals surface area contributed by atoms with Gasteiger partial charge < -0.3 is 5.11 Å². The zero-order valence-corrected chi connectivity index (χ0v) is 13.2. The molecule has 1 saturated carbocycles. The van der Waals surface area contributed by atoms with Crippen molar-refractivity contribution in [3.05, 3.63) is 28.2 Å². The summed E-state index contributed by atoms with van der Waals surface area (Å²) < 4.78 is 27.2. The first-order chi connectivity index (χ1) is 9.40. The van der Waals surface area contributed by atoms with Crippen molar-refractivity contribution in [2.24, 2.45) is 0 Å². The summed E-state index contributed by atoms with van der Waals surface area (Å²) in [6.45, 7) is 0. The van der Waals surface area contributed by atoms with E-state index >= 15 is 0 Å². The van der Waals surface area contributed by atoms with Crippen LogP contribution >= 0.6 is 23.2 Å². The third-order valence-corrected chi connectivity index (χ3v) is 5.71. The molecule has 2 atom stereocenters. The molecule has 2 N–H and O–H groups in total. The topological polar surface area (TPSA) is 66.4 Å². The smallest absolute Gasteiger partial charge is 0.240 e. The van der Waals surface area contributed by atoms with E-state index in [1.54, 1.807) is 0 Å². The molecule has 20 heavy (non-hydrogen) atoms. The van der Waals surface area contributed by atoms with Gasteiger partial charge in [0.05, 0.1) is 21.0 Å². The number of sulfonamides is 1. The second-order valence-electron chi connectivity index (χ2n) is 5.01. The maximum atomic E-state index is 12.3. The lowest BCUT2D eigenvalue weighted by atomic mass is 10.1. The molecule has 0 bridgehead atoms. The zero-order valence-electron chi connectivity index (χ0n) is 10.9. The largest absolute Gasteiger partial charge is 0.391 e. The van der Waals surface area contributed by atoms with Gasteiger partial charge >= 0.3 is 0 Å². The van der Waals surface area contributed by atoms with E-state index in [-0.39, 0.29) is 9.92 Å². The van der Waals surface area contributed by atoms with Gasteiger partial charge in [-0.3, -0.25) is 0 Å². The van der Waals surface area contributed by atoms with Gasteiger partial charge in [0.25, 0.3) is 0 Å². The molecule has 0 spiro atoms. The molecule has 2 unspecified atom stereocenters. The van der Waals surface area contributed by atoms with Crippen molar-refractivity contribution in [2.75, 3.05) is 0 Å². The number of hydrogen-bond donors (Lipinski definition) is 2. The fourth-order valence-electron chi connectivity index (χ4n) is 2.34. The Morgan fingerprint density at radius 3 is 2.50 bits per heavy atom. The van der Waals surface area contributed by atoms with Gasteiger partial charge in [-0.25, -0.2) is 13.1 Å². The second kappa shape index (κ2) is 6.62. The quantitative estimate of drug-likeness (QED) is 0.833. The Morgan fingerprint density at radius 2 is 1.80 bits per heavy atom. The van der Waals surface area contributed by atoms with E-state index in [9.17, 15) is 13.5 Å². The normalized spacial score (nSPS) is 24.4. The first-order valence-corrected chi connectivity index (χ1v) is 8.79. The summed E-state index contributed by atoms with van der Waals surface area (Å²) in [4.78, 5) is 0.0587. The van der Waals surface area contributed by atoms with E-state index in [2.05, 4.69) is 4.72 Å². The molecule has 2 rings (SSSR count). The van der Waals surface area contributed by atoms with Crippen LogP contribution in [-0.2, 0) is 10.0 Å².